The summed E-state index contributed by atoms with van der Waals surface area (Å²) in [6.07, 6.45) is 1.02. The number of hydrogen-bond donors (Lipinski definition) is 1. The van der Waals surface area contributed by atoms with Crippen LogP contribution in [0.3, 0.4) is 0 Å². The van der Waals surface area contributed by atoms with E-state index in [0.717, 1.165) is 11.3 Å². The molecule has 0 aliphatic rings. The van der Waals surface area contributed by atoms with Crippen molar-refractivity contribution in [1.82, 2.24) is 0 Å². The van der Waals surface area contributed by atoms with Crippen molar-refractivity contribution in [3.8, 4) is 0 Å². The molecule has 2 N–H and O–H groups in total. The molecule has 0 atom stereocenters. The van der Waals surface area contributed by atoms with Crippen molar-refractivity contribution in [2.75, 3.05) is 5.73 Å². The SMILES string of the molecule is C[Si](C)(C[n+]1c(N)sc2ccccc21)c1ccccc1. The summed E-state index contributed by atoms with van der Waals surface area (Å²) in [5.74, 6) is 0. The Morgan fingerprint density at radius 3 is 2.40 bits per heavy atom. The topological polar surface area (TPSA) is 29.9 Å². The first kappa shape index (κ1) is 13.3. The van der Waals surface area contributed by atoms with E-state index in [1.807, 2.05) is 0 Å². The minimum absolute atomic E-state index is 0.905. The smallest absolute Gasteiger partial charge is 0.278 e. The largest absolute Gasteiger partial charge is 0.332 e. The Bertz CT molecular complexity index is 735. The maximum absolute atomic E-state index is 6.24. The predicted molar refractivity (Wildman–Crippen MR) is 90.0 cm³/mol. The molecule has 0 aliphatic heterocycles. The molecule has 2 aromatic carbocycles. The van der Waals surface area contributed by atoms with Crippen molar-refractivity contribution in [3.05, 3.63) is 54.6 Å². The van der Waals surface area contributed by atoms with Crippen LogP contribution < -0.4 is 15.5 Å². The number of nitrogen functional groups attached to an aromatic ring is 1. The van der Waals surface area contributed by atoms with Crippen LogP contribution >= 0.6 is 11.3 Å². The summed E-state index contributed by atoms with van der Waals surface area (Å²) in [5.41, 5.74) is 7.50. The van der Waals surface area contributed by atoms with Gasteiger partial charge in [0.05, 0.1) is 10.9 Å². The molecule has 0 spiro atoms. The molecule has 0 bridgehead atoms. The summed E-state index contributed by atoms with van der Waals surface area (Å²) < 4.78 is 3.56. The summed E-state index contributed by atoms with van der Waals surface area (Å²) >= 11 is 1.68. The van der Waals surface area contributed by atoms with Gasteiger partial charge in [0.1, 0.15) is 13.6 Å². The summed E-state index contributed by atoms with van der Waals surface area (Å²) in [7, 11) is -1.54. The maximum Gasteiger partial charge on any atom is 0.332 e. The molecule has 0 saturated heterocycles. The second-order valence-corrected chi connectivity index (χ2v) is 11.5. The molecule has 3 aromatic rings. The van der Waals surface area contributed by atoms with Crippen molar-refractivity contribution in [1.29, 1.82) is 0 Å². The first-order valence-electron chi connectivity index (χ1n) is 6.80. The van der Waals surface area contributed by atoms with E-state index >= 15 is 0 Å². The van der Waals surface area contributed by atoms with Crippen LogP contribution in [-0.2, 0) is 6.17 Å². The predicted octanol–water partition coefficient (Wildman–Crippen LogP) is 2.93. The third-order valence-electron chi connectivity index (χ3n) is 3.75. The summed E-state index contributed by atoms with van der Waals surface area (Å²) in [5, 5.41) is 2.38. The van der Waals surface area contributed by atoms with Gasteiger partial charge in [-0.05, 0) is 23.5 Å². The van der Waals surface area contributed by atoms with Crippen LogP contribution in [0, 0.1) is 0 Å². The highest BCUT2D eigenvalue weighted by Gasteiger charge is 2.29. The zero-order chi connectivity index (χ0) is 14.2. The van der Waals surface area contributed by atoms with Gasteiger partial charge in [-0.1, -0.05) is 60.7 Å². The molecule has 0 unspecified atom stereocenters. The number of hydrogen-bond acceptors (Lipinski definition) is 2. The van der Waals surface area contributed by atoms with Gasteiger partial charge in [-0.15, -0.1) is 0 Å². The molecule has 0 radical (unpaired) electrons. The van der Waals surface area contributed by atoms with Crippen molar-refractivity contribution >= 4 is 39.9 Å². The third-order valence-corrected chi connectivity index (χ3v) is 7.74. The van der Waals surface area contributed by atoms with Gasteiger partial charge in [0.2, 0.25) is 0 Å². The highest BCUT2D eigenvalue weighted by Crippen LogP contribution is 2.22. The van der Waals surface area contributed by atoms with Crippen molar-refractivity contribution in [3.63, 3.8) is 0 Å². The Balaban J connectivity index is 2.03. The van der Waals surface area contributed by atoms with Crippen LogP contribution in [0.25, 0.3) is 10.2 Å². The molecule has 0 saturated carbocycles. The quantitative estimate of drug-likeness (QED) is 0.585. The van der Waals surface area contributed by atoms with E-state index < -0.39 is 8.07 Å². The van der Waals surface area contributed by atoms with E-state index in [2.05, 4.69) is 72.3 Å². The lowest BCUT2D eigenvalue weighted by Gasteiger charge is -2.21. The Labute approximate surface area is 124 Å². The minimum Gasteiger partial charge on any atom is -0.278 e. The van der Waals surface area contributed by atoms with Crippen LogP contribution in [0.15, 0.2) is 54.6 Å². The monoisotopic (exact) mass is 299 g/mol. The molecule has 3 rings (SSSR count). The van der Waals surface area contributed by atoms with E-state index in [1.165, 1.54) is 15.4 Å². The number of para-hydroxylation sites is 1. The highest BCUT2D eigenvalue weighted by atomic mass is 32.1. The lowest BCUT2D eigenvalue weighted by Crippen LogP contribution is -2.55. The molecule has 1 heterocycles. The van der Waals surface area contributed by atoms with Gasteiger partial charge < -0.3 is 0 Å². The molecular formula is C16H19N2SSi+. The Hall–Kier alpha value is -1.65. The highest BCUT2D eigenvalue weighted by molar-refractivity contribution is 7.21. The van der Waals surface area contributed by atoms with Gasteiger partial charge in [-0.3, -0.25) is 5.73 Å². The molecular weight excluding hydrogens is 280 g/mol. The van der Waals surface area contributed by atoms with Gasteiger partial charge in [-0.25, -0.2) is 4.57 Å². The van der Waals surface area contributed by atoms with E-state index in [4.69, 9.17) is 5.73 Å². The van der Waals surface area contributed by atoms with Crippen LogP contribution in [0.4, 0.5) is 5.13 Å². The zero-order valence-corrected chi connectivity index (χ0v) is 13.7. The standard InChI is InChI=1S/C16H18N2SSi/c1-20(2,13-8-4-3-5-9-13)12-18-14-10-6-7-11-15(14)19-16(18)17/h3-11,17H,12H2,1-2H3/p+1. The molecule has 0 amide bonds. The number of benzene rings is 2. The number of thiazole rings is 1. The van der Waals surface area contributed by atoms with Crippen LogP contribution in [0.2, 0.25) is 13.1 Å². The van der Waals surface area contributed by atoms with Gasteiger partial charge in [0.25, 0.3) is 0 Å². The summed E-state index contributed by atoms with van der Waals surface area (Å²) in [6, 6.07) is 19.3. The molecule has 1 aromatic heterocycles. The average Bonchev–Trinajstić information content (AvgIpc) is 2.76. The van der Waals surface area contributed by atoms with Crippen molar-refractivity contribution < 1.29 is 4.57 Å². The van der Waals surface area contributed by atoms with Crippen LogP contribution in [0.1, 0.15) is 0 Å². The average molecular weight is 299 g/mol. The normalized spacial score (nSPS) is 11.9. The second-order valence-electron chi connectivity index (χ2n) is 5.74. The lowest BCUT2D eigenvalue weighted by atomic mass is 10.3. The van der Waals surface area contributed by atoms with Crippen molar-refractivity contribution in [2.24, 2.45) is 0 Å². The number of aromatic nitrogens is 1. The fraction of sp³-hybridized carbons (Fsp3) is 0.188. The van der Waals surface area contributed by atoms with E-state index in [-0.39, 0.29) is 0 Å². The fourth-order valence-electron chi connectivity index (χ4n) is 2.59. The number of rotatable bonds is 3. The van der Waals surface area contributed by atoms with E-state index in [0.29, 0.717) is 0 Å². The molecule has 102 valence electrons. The van der Waals surface area contributed by atoms with Gasteiger partial charge in [0, 0.05) is 0 Å². The number of nitrogens with two attached hydrogens (primary N) is 1. The molecule has 4 heteroatoms. The molecule has 0 fully saturated rings. The third kappa shape index (κ3) is 2.37. The molecule has 0 aliphatic carbocycles. The van der Waals surface area contributed by atoms with Gasteiger partial charge in [-0.2, -0.15) is 0 Å². The maximum atomic E-state index is 6.24. The Kier molecular flexibility index (Phi) is 3.36. The zero-order valence-electron chi connectivity index (χ0n) is 11.8. The van der Waals surface area contributed by atoms with Crippen LogP contribution in [0.5, 0.6) is 0 Å². The number of fused-ring (bicyclic) bond motifs is 1. The second kappa shape index (κ2) is 5.03. The number of nitrogens with zero attached hydrogens (tertiary/aromatic N) is 1. The minimum atomic E-state index is -1.54. The lowest BCUT2D eigenvalue weighted by molar-refractivity contribution is -0.635. The summed E-state index contributed by atoms with van der Waals surface area (Å²) in [6.45, 7) is 4.81. The van der Waals surface area contributed by atoms with Crippen LogP contribution in [-0.4, -0.2) is 8.07 Å². The fourth-order valence-corrected chi connectivity index (χ4v) is 6.04. The van der Waals surface area contributed by atoms with E-state index in [9.17, 15) is 0 Å². The summed E-state index contributed by atoms with van der Waals surface area (Å²) in [4.78, 5) is 0. The Morgan fingerprint density at radius 2 is 1.65 bits per heavy atom. The molecule has 20 heavy (non-hydrogen) atoms. The van der Waals surface area contributed by atoms with E-state index in [1.54, 1.807) is 11.3 Å². The first-order valence-corrected chi connectivity index (χ1v) is 10.8. The molecule has 2 nitrogen and oxygen atoms in total. The Morgan fingerprint density at radius 1 is 1.00 bits per heavy atom. The van der Waals surface area contributed by atoms with Gasteiger partial charge in [0.15, 0.2) is 0 Å². The first-order chi connectivity index (χ1) is 9.58. The number of anilines is 1. The van der Waals surface area contributed by atoms with Crippen molar-refractivity contribution in [2.45, 2.75) is 19.3 Å². The van der Waals surface area contributed by atoms with Gasteiger partial charge >= 0.3 is 5.13 Å².